The molecule has 2 heterocycles. The maximum Gasteiger partial charge on any atom is 0.303 e. The molecule has 2 aromatic heterocycles. The van der Waals surface area contributed by atoms with Crippen molar-refractivity contribution in [2.45, 2.75) is 57.1 Å². The lowest BCUT2D eigenvalue weighted by atomic mass is 9.84. The summed E-state index contributed by atoms with van der Waals surface area (Å²) < 4.78 is 16.7. The van der Waals surface area contributed by atoms with E-state index in [1.54, 1.807) is 21.8 Å². The summed E-state index contributed by atoms with van der Waals surface area (Å²) in [4.78, 5) is 21.9. The number of carboxylic acid groups (broad SMARTS) is 2. The molecule has 3 aromatic carbocycles. The van der Waals surface area contributed by atoms with Crippen molar-refractivity contribution in [1.29, 1.82) is 0 Å². The smallest absolute Gasteiger partial charge is 0.303 e. The van der Waals surface area contributed by atoms with Crippen molar-refractivity contribution in [3.63, 3.8) is 0 Å². The molecular formula is C33H35N6O6P. The van der Waals surface area contributed by atoms with Gasteiger partial charge in [-0.2, -0.15) is 0 Å². The van der Waals surface area contributed by atoms with Crippen LogP contribution >= 0.6 is 8.38 Å². The van der Waals surface area contributed by atoms with Crippen molar-refractivity contribution in [2.75, 3.05) is 0 Å². The van der Waals surface area contributed by atoms with E-state index in [-0.39, 0.29) is 26.1 Å². The molecule has 0 aliphatic carbocycles. The van der Waals surface area contributed by atoms with E-state index in [4.69, 9.17) is 19.3 Å². The molecule has 238 valence electrons. The molecule has 12 nitrogen and oxygen atoms in total. The Morgan fingerprint density at radius 1 is 0.630 bits per heavy atom. The summed E-state index contributed by atoms with van der Waals surface area (Å²) in [5, 5.41) is 34.0. The number of carboxylic acids is 2. The minimum Gasteiger partial charge on any atom is -0.481 e. The first-order valence-electron chi connectivity index (χ1n) is 14.9. The zero-order chi connectivity index (χ0) is 32.2. The molecule has 0 aliphatic rings. The van der Waals surface area contributed by atoms with Gasteiger partial charge in [0.05, 0.1) is 25.6 Å². The number of aryl methyl sites for hydroxylation is 2. The first kappa shape index (κ1) is 32.6. The van der Waals surface area contributed by atoms with Crippen LogP contribution in [0.15, 0.2) is 103 Å². The Labute approximate surface area is 267 Å². The quantitative estimate of drug-likeness (QED) is 0.0907. The largest absolute Gasteiger partial charge is 0.481 e. The summed E-state index contributed by atoms with van der Waals surface area (Å²) >= 11 is 0. The fourth-order valence-electron chi connectivity index (χ4n) is 5.15. The number of hydrogen-bond acceptors (Lipinski definition) is 8. The Morgan fingerprint density at radius 3 is 1.35 bits per heavy atom. The minimum absolute atomic E-state index is 0.0444. The van der Waals surface area contributed by atoms with Crippen LogP contribution in [0.25, 0.3) is 0 Å². The lowest BCUT2D eigenvalue weighted by Crippen LogP contribution is -2.29. The number of benzene rings is 3. The van der Waals surface area contributed by atoms with Crippen molar-refractivity contribution in [2.24, 2.45) is 0 Å². The molecule has 5 rings (SSSR count). The van der Waals surface area contributed by atoms with E-state index < -0.39 is 25.5 Å². The SMILES string of the molecule is O=C(O)CCCn1cc(COP(OCc2cn(CCCC(=O)O)nn2)C(c2ccccc2)(c2ccccc2)c2ccccc2)nn1. The van der Waals surface area contributed by atoms with Crippen LogP contribution in [0, 0.1) is 0 Å². The molecule has 0 atom stereocenters. The Balaban J connectivity index is 1.50. The fourth-order valence-corrected chi connectivity index (χ4v) is 7.19. The highest BCUT2D eigenvalue weighted by molar-refractivity contribution is 7.49. The standard InChI is InChI=1S/C33H35N6O6P/c40-31(41)18-10-20-38-22-29(34-36-38)24-44-46(45-25-30-23-39(37-35-30)21-11-19-32(42)43)33(26-12-4-1-5-13-26,27-14-6-2-7-15-27)28-16-8-3-9-17-28/h1-9,12-17,22-23H,10-11,18-21,24-25H2,(H,40,41)(H,42,43). The van der Waals surface area contributed by atoms with E-state index in [1.165, 1.54) is 0 Å². The third-order valence-electron chi connectivity index (χ3n) is 7.24. The molecule has 0 fully saturated rings. The highest BCUT2D eigenvalue weighted by atomic mass is 31.2. The number of hydrogen-bond donors (Lipinski definition) is 2. The normalized spacial score (nSPS) is 11.6. The van der Waals surface area contributed by atoms with Crippen LogP contribution in [-0.2, 0) is 50.1 Å². The molecule has 0 unspecified atom stereocenters. The minimum atomic E-state index is -1.81. The molecule has 0 saturated carbocycles. The molecule has 0 saturated heterocycles. The van der Waals surface area contributed by atoms with Crippen molar-refractivity contribution >= 4 is 20.3 Å². The van der Waals surface area contributed by atoms with Gasteiger partial charge < -0.3 is 19.3 Å². The third kappa shape index (κ3) is 8.28. The third-order valence-corrected chi connectivity index (χ3v) is 9.29. The predicted molar refractivity (Wildman–Crippen MR) is 169 cm³/mol. The lowest BCUT2D eigenvalue weighted by Gasteiger charge is -2.40. The molecule has 5 aromatic rings. The van der Waals surface area contributed by atoms with E-state index >= 15 is 0 Å². The van der Waals surface area contributed by atoms with Crippen LogP contribution in [-0.4, -0.2) is 52.1 Å². The summed E-state index contributed by atoms with van der Waals surface area (Å²) in [5.74, 6) is -1.71. The number of aliphatic carboxylic acids is 2. The summed E-state index contributed by atoms with van der Waals surface area (Å²) in [6.45, 7) is 1.05. The summed E-state index contributed by atoms with van der Waals surface area (Å²) in [6, 6.07) is 30.3. The lowest BCUT2D eigenvalue weighted by molar-refractivity contribution is -0.138. The van der Waals surface area contributed by atoms with Gasteiger partial charge in [-0.1, -0.05) is 101 Å². The van der Waals surface area contributed by atoms with E-state index in [0.717, 1.165) is 16.7 Å². The van der Waals surface area contributed by atoms with Gasteiger partial charge in [0, 0.05) is 25.9 Å². The van der Waals surface area contributed by atoms with Crippen LogP contribution in [0.4, 0.5) is 0 Å². The van der Waals surface area contributed by atoms with Gasteiger partial charge >= 0.3 is 11.9 Å². The Hall–Kier alpha value is -4.77. The van der Waals surface area contributed by atoms with Gasteiger partial charge in [-0.05, 0) is 29.5 Å². The molecule has 0 aliphatic heterocycles. The van der Waals surface area contributed by atoms with Crippen molar-refractivity contribution < 1.29 is 28.8 Å². The van der Waals surface area contributed by atoms with Gasteiger partial charge in [-0.25, -0.2) is 0 Å². The van der Waals surface area contributed by atoms with Crippen molar-refractivity contribution in [1.82, 2.24) is 30.0 Å². The molecular weight excluding hydrogens is 607 g/mol. The highest BCUT2D eigenvalue weighted by Crippen LogP contribution is 2.65. The first-order chi connectivity index (χ1) is 22.4. The Bertz CT molecular complexity index is 1520. The average Bonchev–Trinajstić information content (AvgIpc) is 3.73. The van der Waals surface area contributed by atoms with Crippen LogP contribution in [0.1, 0.15) is 53.8 Å². The van der Waals surface area contributed by atoms with Gasteiger partial charge in [-0.15, -0.1) is 10.2 Å². The van der Waals surface area contributed by atoms with Crippen molar-refractivity contribution in [3.05, 3.63) is 131 Å². The summed E-state index contributed by atoms with van der Waals surface area (Å²) in [6.07, 6.45) is 4.47. The Morgan fingerprint density at radius 2 is 1.00 bits per heavy atom. The maximum atomic E-state index is 10.9. The predicted octanol–water partition coefficient (Wildman–Crippen LogP) is 5.64. The fraction of sp³-hybridized carbons (Fsp3) is 0.273. The van der Waals surface area contributed by atoms with Gasteiger partial charge in [0.25, 0.3) is 0 Å². The molecule has 2 N–H and O–H groups in total. The van der Waals surface area contributed by atoms with Gasteiger partial charge in [0.2, 0.25) is 0 Å². The molecule has 0 radical (unpaired) electrons. The zero-order valence-electron chi connectivity index (χ0n) is 25.1. The second kappa shape index (κ2) is 16.0. The summed E-state index contributed by atoms with van der Waals surface area (Å²) in [7, 11) is -1.81. The van der Waals surface area contributed by atoms with Crippen LogP contribution in [0.5, 0.6) is 0 Å². The average molecular weight is 643 g/mol. The number of carbonyl (C=O) groups is 2. The van der Waals surface area contributed by atoms with Crippen molar-refractivity contribution in [3.8, 4) is 0 Å². The van der Waals surface area contributed by atoms with Gasteiger partial charge in [0.1, 0.15) is 16.5 Å². The van der Waals surface area contributed by atoms with Crippen LogP contribution in [0.2, 0.25) is 0 Å². The molecule has 13 heteroatoms. The van der Waals surface area contributed by atoms with E-state index in [1.807, 2.05) is 54.6 Å². The highest BCUT2D eigenvalue weighted by Gasteiger charge is 2.47. The van der Waals surface area contributed by atoms with Gasteiger partial charge in [0.15, 0.2) is 8.38 Å². The number of nitrogens with zero attached hydrogens (tertiary/aromatic N) is 6. The van der Waals surface area contributed by atoms with E-state index in [0.29, 0.717) is 37.3 Å². The van der Waals surface area contributed by atoms with E-state index in [9.17, 15) is 9.59 Å². The second-order valence-corrected chi connectivity index (χ2v) is 12.3. The van der Waals surface area contributed by atoms with E-state index in [2.05, 4.69) is 57.0 Å². The number of aromatic nitrogens is 6. The zero-order valence-corrected chi connectivity index (χ0v) is 26.0. The summed E-state index contributed by atoms with van der Waals surface area (Å²) in [5.41, 5.74) is 4.10. The monoisotopic (exact) mass is 642 g/mol. The van der Waals surface area contributed by atoms with Gasteiger partial charge in [-0.3, -0.25) is 19.0 Å². The Kier molecular flexibility index (Phi) is 11.3. The molecule has 46 heavy (non-hydrogen) atoms. The van der Waals surface area contributed by atoms with Crippen LogP contribution in [0.3, 0.4) is 0 Å². The molecule has 0 spiro atoms. The van der Waals surface area contributed by atoms with Crippen LogP contribution < -0.4 is 0 Å². The molecule has 0 bridgehead atoms. The number of rotatable bonds is 18. The maximum absolute atomic E-state index is 10.9. The topological polar surface area (TPSA) is 154 Å². The first-order valence-corrected chi connectivity index (χ1v) is 16.1. The molecule has 0 amide bonds. The second-order valence-electron chi connectivity index (χ2n) is 10.6.